The predicted molar refractivity (Wildman–Crippen MR) is 186 cm³/mol. The number of carbonyl (C=O) groups excluding carboxylic acids is 2. The highest BCUT2D eigenvalue weighted by molar-refractivity contribution is 7.16. The molecule has 0 aromatic carbocycles. The van der Waals surface area contributed by atoms with Crippen molar-refractivity contribution < 1.29 is 14.7 Å². The average Bonchev–Trinajstić information content (AvgIpc) is 3.43. The number of aromatic nitrogens is 1. The molecule has 2 rings (SSSR count). The molecule has 0 aliphatic carbocycles. The first-order valence-electron chi connectivity index (χ1n) is 17.0. The van der Waals surface area contributed by atoms with Crippen molar-refractivity contribution in [3.05, 3.63) is 27.3 Å². The van der Waals surface area contributed by atoms with Gasteiger partial charge in [-0.2, -0.15) is 5.26 Å². The van der Waals surface area contributed by atoms with Crippen molar-refractivity contribution >= 4 is 34.4 Å². The van der Waals surface area contributed by atoms with E-state index in [-0.39, 0.29) is 22.5 Å². The van der Waals surface area contributed by atoms with Gasteiger partial charge in [-0.25, -0.2) is 9.99 Å². The molecule has 45 heavy (non-hydrogen) atoms. The first kappa shape index (κ1) is 38.5. The molecule has 0 radical (unpaired) electrons. The molecule has 0 saturated carbocycles. The smallest absolute Gasteiger partial charge is 0.275 e. The number of hydrazine groups is 1. The summed E-state index contributed by atoms with van der Waals surface area (Å²) in [5.74, 6) is -0.0872. The molecule has 0 bridgehead atoms. The van der Waals surface area contributed by atoms with Crippen LogP contribution in [-0.2, 0) is 15.0 Å². The van der Waals surface area contributed by atoms with E-state index in [4.69, 9.17) is 4.98 Å². The topological polar surface area (TPSA) is 101 Å². The highest BCUT2D eigenvalue weighted by Crippen LogP contribution is 2.39. The van der Waals surface area contributed by atoms with E-state index in [9.17, 15) is 20.0 Å². The Morgan fingerprint density at radius 1 is 1.09 bits per heavy atom. The Morgan fingerprint density at radius 2 is 1.62 bits per heavy atom. The van der Waals surface area contributed by atoms with E-state index < -0.39 is 18.1 Å². The maximum atomic E-state index is 14.0. The van der Waals surface area contributed by atoms with Crippen molar-refractivity contribution in [2.24, 2.45) is 17.8 Å². The highest BCUT2D eigenvalue weighted by Gasteiger charge is 2.40. The number of anilines is 1. The van der Waals surface area contributed by atoms with Gasteiger partial charge in [-0.1, -0.05) is 112 Å². The zero-order valence-electron chi connectivity index (χ0n) is 29.9. The van der Waals surface area contributed by atoms with E-state index in [0.29, 0.717) is 17.4 Å². The van der Waals surface area contributed by atoms with E-state index in [2.05, 4.69) is 59.4 Å². The largest absolute Gasteiger partial charge is 0.367 e. The molecule has 2 amide bonds. The molecular formula is C36H59N5O3S. The minimum atomic E-state index is -1.54. The van der Waals surface area contributed by atoms with Crippen LogP contribution < -0.4 is 4.90 Å². The molecule has 1 aliphatic rings. The number of hydrogen-bond donors (Lipinski definition) is 1. The third-order valence-corrected chi connectivity index (χ3v) is 10.00. The maximum Gasteiger partial charge on any atom is 0.275 e. The maximum absolute atomic E-state index is 14.0. The van der Waals surface area contributed by atoms with Gasteiger partial charge in [0.1, 0.15) is 0 Å². The van der Waals surface area contributed by atoms with Gasteiger partial charge in [0.25, 0.3) is 5.91 Å². The number of aliphatic hydroxyl groups excluding tert-OH is 1. The quantitative estimate of drug-likeness (QED) is 0.183. The van der Waals surface area contributed by atoms with Crippen molar-refractivity contribution in [3.8, 4) is 6.07 Å². The first-order valence-corrected chi connectivity index (χ1v) is 17.9. The van der Waals surface area contributed by atoms with E-state index >= 15 is 0 Å². The Labute approximate surface area is 277 Å². The Morgan fingerprint density at radius 3 is 2.04 bits per heavy atom. The summed E-state index contributed by atoms with van der Waals surface area (Å²) < 4.78 is 0. The first-order chi connectivity index (χ1) is 21.2. The highest BCUT2D eigenvalue weighted by atomic mass is 32.1. The minimum absolute atomic E-state index is 0.0522. The van der Waals surface area contributed by atoms with Crippen LogP contribution >= 0.6 is 11.3 Å². The monoisotopic (exact) mass is 641 g/mol. The number of hydrogen-bond acceptors (Lipinski definition) is 7. The fourth-order valence-electron chi connectivity index (χ4n) is 5.86. The van der Waals surface area contributed by atoms with Gasteiger partial charge in [-0.05, 0) is 43.3 Å². The zero-order chi connectivity index (χ0) is 34.1. The van der Waals surface area contributed by atoms with E-state index in [1.165, 1.54) is 45.6 Å². The molecule has 252 valence electrons. The number of thiazole rings is 1. The summed E-state index contributed by atoms with van der Waals surface area (Å²) in [5.41, 5.74) is 1.35. The van der Waals surface area contributed by atoms with Crippen LogP contribution in [0.1, 0.15) is 131 Å². The van der Waals surface area contributed by atoms with Crippen molar-refractivity contribution in [2.45, 2.75) is 132 Å². The lowest BCUT2D eigenvalue weighted by Gasteiger charge is -2.39. The Balaban J connectivity index is 2.73. The summed E-state index contributed by atoms with van der Waals surface area (Å²) in [4.78, 5) is 35.5. The number of rotatable bonds is 16. The molecule has 1 aromatic heterocycles. The van der Waals surface area contributed by atoms with Gasteiger partial charge in [0.2, 0.25) is 5.91 Å². The summed E-state index contributed by atoms with van der Waals surface area (Å²) >= 11 is 1.59. The van der Waals surface area contributed by atoms with Gasteiger partial charge in [-0.3, -0.25) is 14.6 Å². The number of carbonyl (C=O) groups is 2. The Bertz CT molecular complexity index is 1230. The van der Waals surface area contributed by atoms with Crippen molar-refractivity contribution in [1.29, 1.82) is 5.26 Å². The van der Waals surface area contributed by atoms with Crippen LogP contribution in [0.4, 0.5) is 5.13 Å². The fraction of sp³-hybridized carbons (Fsp3) is 0.722. The van der Waals surface area contributed by atoms with Gasteiger partial charge in [-0.15, -0.1) is 0 Å². The molecular weight excluding hydrogens is 582 g/mol. The summed E-state index contributed by atoms with van der Waals surface area (Å²) in [7, 11) is 1.46. The standard InChI is InChI=1S/C36H59N5O3S/c1-12-16-18-26(14-3)22-40(23-27(15-4)19-17-13-2)35-38-31(36(8,9)10)30(45-35)20-28-25(7)29(21-37)34(44)41(33(28)43)39(11)32(42)24(5)6/h20,24,26-27,34,44H,12-19,22-23H2,1-11H3/b28-20-. The predicted octanol–water partition coefficient (Wildman–Crippen LogP) is 8.09. The van der Waals surface area contributed by atoms with Gasteiger partial charge < -0.3 is 10.0 Å². The van der Waals surface area contributed by atoms with Gasteiger partial charge >= 0.3 is 0 Å². The van der Waals surface area contributed by atoms with Crippen LogP contribution in [0.5, 0.6) is 0 Å². The van der Waals surface area contributed by atoms with Crippen LogP contribution in [0.15, 0.2) is 16.7 Å². The SMILES string of the molecule is CCCCC(CC)CN(CC(CC)CCCC)c1nc(C(C)(C)C)c(/C=C2\C(=O)N(N(C)C(=O)C(C)C)C(O)C(C#N)=C2C)s1. The molecule has 1 N–H and O–H groups in total. The molecule has 0 fully saturated rings. The number of aliphatic hydroxyl groups is 1. The lowest BCUT2D eigenvalue weighted by Crippen LogP contribution is -2.56. The molecule has 0 saturated heterocycles. The second-order valence-corrected chi connectivity index (χ2v) is 15.0. The Hall–Kier alpha value is -2.70. The number of unbranched alkanes of at least 4 members (excludes halogenated alkanes) is 2. The third-order valence-electron chi connectivity index (χ3n) is 8.94. The van der Waals surface area contributed by atoms with Crippen molar-refractivity contribution in [1.82, 2.24) is 15.0 Å². The number of nitriles is 1. The molecule has 8 nitrogen and oxygen atoms in total. The van der Waals surface area contributed by atoms with Crippen LogP contribution in [0.2, 0.25) is 0 Å². The molecule has 3 unspecified atom stereocenters. The minimum Gasteiger partial charge on any atom is -0.367 e. The van der Waals surface area contributed by atoms with Crippen molar-refractivity contribution in [2.75, 3.05) is 25.0 Å². The second-order valence-electron chi connectivity index (χ2n) is 13.9. The summed E-state index contributed by atoms with van der Waals surface area (Å²) in [6.07, 6.45) is 9.71. The lowest BCUT2D eigenvalue weighted by molar-refractivity contribution is -0.177. The van der Waals surface area contributed by atoms with Crippen LogP contribution in [0.25, 0.3) is 6.08 Å². The van der Waals surface area contributed by atoms with E-state index in [1.807, 2.05) is 6.08 Å². The lowest BCUT2D eigenvalue weighted by atomic mass is 9.89. The van der Waals surface area contributed by atoms with Crippen LogP contribution in [0, 0.1) is 29.1 Å². The van der Waals surface area contributed by atoms with Gasteiger partial charge in [0, 0.05) is 37.0 Å². The average molecular weight is 642 g/mol. The molecule has 1 aliphatic heterocycles. The normalized spacial score (nSPS) is 18.0. The van der Waals surface area contributed by atoms with Gasteiger partial charge in [0.05, 0.1) is 22.2 Å². The molecule has 1 aromatic rings. The van der Waals surface area contributed by atoms with Gasteiger partial charge in [0.15, 0.2) is 11.4 Å². The summed E-state index contributed by atoms with van der Waals surface area (Å²) in [6.45, 7) is 22.5. The van der Waals surface area contributed by atoms with E-state index in [0.717, 1.165) is 51.7 Å². The van der Waals surface area contributed by atoms with Crippen LogP contribution in [-0.4, -0.2) is 58.3 Å². The second kappa shape index (κ2) is 17.3. The van der Waals surface area contributed by atoms with E-state index in [1.54, 1.807) is 32.1 Å². The summed E-state index contributed by atoms with van der Waals surface area (Å²) in [5, 5.41) is 24.1. The number of nitrogens with zero attached hydrogens (tertiary/aromatic N) is 5. The summed E-state index contributed by atoms with van der Waals surface area (Å²) in [6, 6.07) is 2.09. The molecule has 3 atom stereocenters. The Kier molecular flexibility index (Phi) is 14.8. The zero-order valence-corrected chi connectivity index (χ0v) is 30.7. The fourth-order valence-corrected chi connectivity index (χ4v) is 7.10. The third kappa shape index (κ3) is 9.65. The number of amides is 2. The van der Waals surface area contributed by atoms with Crippen molar-refractivity contribution in [3.63, 3.8) is 0 Å². The molecule has 9 heteroatoms. The molecule has 2 heterocycles. The molecule has 0 spiro atoms. The van der Waals surface area contributed by atoms with Crippen LogP contribution in [0.3, 0.4) is 0 Å².